The number of nitrogens with zero attached hydrogens (tertiary/aromatic N) is 2. The number of hydrogen-bond acceptors (Lipinski definition) is 3. The normalized spacial score (nSPS) is 40.7. The van der Waals surface area contributed by atoms with E-state index in [2.05, 4.69) is 9.80 Å². The third-order valence-corrected chi connectivity index (χ3v) is 5.49. The first-order chi connectivity index (χ1) is 8.67. The highest BCUT2D eigenvalue weighted by atomic mass is 16.3. The van der Waals surface area contributed by atoms with E-state index in [1.807, 2.05) is 6.92 Å². The van der Waals surface area contributed by atoms with Crippen molar-refractivity contribution in [3.05, 3.63) is 0 Å². The second-order valence-electron chi connectivity index (χ2n) is 6.78. The second-order valence-corrected chi connectivity index (χ2v) is 6.78. The lowest BCUT2D eigenvalue weighted by Crippen LogP contribution is -2.61. The molecule has 104 valence electrons. The quantitative estimate of drug-likeness (QED) is 0.812. The summed E-state index contributed by atoms with van der Waals surface area (Å²) in [6.45, 7) is 7.06. The van der Waals surface area contributed by atoms with Crippen LogP contribution in [0, 0.1) is 0 Å². The van der Waals surface area contributed by atoms with Gasteiger partial charge in [0.05, 0.1) is 5.60 Å². The fraction of sp³-hybridized carbons (Fsp3) is 1.00. The lowest BCUT2D eigenvalue weighted by atomic mass is 9.74. The van der Waals surface area contributed by atoms with E-state index >= 15 is 0 Å². The summed E-state index contributed by atoms with van der Waals surface area (Å²) in [7, 11) is 0. The number of likely N-dealkylation sites (tertiary alicyclic amines) is 2. The zero-order valence-electron chi connectivity index (χ0n) is 11.8. The highest BCUT2D eigenvalue weighted by Crippen LogP contribution is 2.37. The van der Waals surface area contributed by atoms with Crippen molar-refractivity contribution >= 4 is 0 Å². The summed E-state index contributed by atoms with van der Waals surface area (Å²) < 4.78 is 0. The van der Waals surface area contributed by atoms with Gasteiger partial charge in [-0.2, -0.15) is 0 Å². The molecule has 0 unspecified atom stereocenters. The van der Waals surface area contributed by atoms with Gasteiger partial charge in [0.2, 0.25) is 0 Å². The summed E-state index contributed by atoms with van der Waals surface area (Å²) in [5.41, 5.74) is -0.405. The minimum atomic E-state index is -0.405. The summed E-state index contributed by atoms with van der Waals surface area (Å²) in [6, 6.07) is 1.27. The SMILES string of the molecule is C[C@]1(O)CC[C@@H]1N1CCC(N2CCCCC2)CC1. The van der Waals surface area contributed by atoms with Crippen molar-refractivity contribution in [2.75, 3.05) is 26.2 Å². The van der Waals surface area contributed by atoms with Gasteiger partial charge in [0.25, 0.3) is 0 Å². The van der Waals surface area contributed by atoms with Crippen molar-refractivity contribution < 1.29 is 5.11 Å². The Kier molecular flexibility index (Phi) is 3.65. The van der Waals surface area contributed by atoms with Crippen molar-refractivity contribution in [2.45, 2.75) is 69.6 Å². The summed E-state index contributed by atoms with van der Waals surface area (Å²) in [6.07, 6.45) is 9.04. The molecule has 3 nitrogen and oxygen atoms in total. The maximum absolute atomic E-state index is 10.2. The topological polar surface area (TPSA) is 26.7 Å². The average Bonchev–Trinajstić information content (AvgIpc) is 2.39. The Bertz CT molecular complexity index is 278. The molecule has 0 aromatic rings. The first kappa shape index (κ1) is 12.9. The molecule has 1 aliphatic carbocycles. The van der Waals surface area contributed by atoms with Crippen LogP contribution in [0.3, 0.4) is 0 Å². The van der Waals surface area contributed by atoms with Crippen LogP contribution in [0.25, 0.3) is 0 Å². The Morgan fingerprint density at radius 3 is 2.06 bits per heavy atom. The minimum Gasteiger partial charge on any atom is -0.389 e. The third kappa shape index (κ3) is 2.45. The van der Waals surface area contributed by atoms with Crippen LogP contribution in [0.2, 0.25) is 0 Å². The standard InChI is InChI=1S/C15H28N2O/c1-15(18)8-5-14(15)17-11-6-13(7-12-17)16-9-3-2-4-10-16/h13-14,18H,2-12H2,1H3/t14-,15-/m0/s1. The lowest BCUT2D eigenvalue weighted by molar-refractivity contribution is -0.112. The number of aliphatic hydroxyl groups is 1. The molecule has 3 heteroatoms. The molecule has 0 spiro atoms. The van der Waals surface area contributed by atoms with Gasteiger partial charge in [-0.15, -0.1) is 0 Å². The maximum Gasteiger partial charge on any atom is 0.0774 e. The van der Waals surface area contributed by atoms with Crippen molar-refractivity contribution in [1.82, 2.24) is 9.80 Å². The fourth-order valence-electron chi connectivity index (χ4n) is 4.11. The second kappa shape index (κ2) is 5.10. The first-order valence-electron chi connectivity index (χ1n) is 7.87. The number of hydrogen-bond donors (Lipinski definition) is 1. The summed E-state index contributed by atoms with van der Waals surface area (Å²) in [5.74, 6) is 0. The largest absolute Gasteiger partial charge is 0.389 e. The predicted molar refractivity (Wildman–Crippen MR) is 73.7 cm³/mol. The molecule has 1 saturated carbocycles. The molecule has 3 aliphatic rings. The molecule has 0 aromatic carbocycles. The van der Waals surface area contributed by atoms with E-state index in [0.29, 0.717) is 6.04 Å². The summed E-state index contributed by atoms with van der Waals surface area (Å²) in [4.78, 5) is 5.27. The van der Waals surface area contributed by atoms with Gasteiger partial charge in [0, 0.05) is 25.2 Å². The minimum absolute atomic E-state index is 0.405. The van der Waals surface area contributed by atoms with Crippen molar-refractivity contribution in [3.8, 4) is 0 Å². The molecule has 2 atom stereocenters. The van der Waals surface area contributed by atoms with E-state index in [1.54, 1.807) is 0 Å². The molecule has 0 bridgehead atoms. The van der Waals surface area contributed by atoms with E-state index in [-0.39, 0.29) is 0 Å². The smallest absolute Gasteiger partial charge is 0.0774 e. The zero-order chi connectivity index (χ0) is 12.6. The summed E-state index contributed by atoms with van der Waals surface area (Å²) >= 11 is 0. The van der Waals surface area contributed by atoms with Crippen LogP contribution in [-0.2, 0) is 0 Å². The van der Waals surface area contributed by atoms with Crippen LogP contribution in [-0.4, -0.2) is 58.8 Å². The lowest BCUT2D eigenvalue weighted by Gasteiger charge is -2.52. The van der Waals surface area contributed by atoms with Crippen LogP contribution >= 0.6 is 0 Å². The van der Waals surface area contributed by atoms with Gasteiger partial charge in [-0.1, -0.05) is 6.42 Å². The van der Waals surface area contributed by atoms with Gasteiger partial charge in [0.15, 0.2) is 0 Å². The van der Waals surface area contributed by atoms with Gasteiger partial charge in [-0.25, -0.2) is 0 Å². The van der Waals surface area contributed by atoms with Crippen LogP contribution in [0.5, 0.6) is 0 Å². The van der Waals surface area contributed by atoms with Gasteiger partial charge in [-0.05, 0) is 58.5 Å². The van der Waals surface area contributed by atoms with Crippen LogP contribution < -0.4 is 0 Å². The summed E-state index contributed by atoms with van der Waals surface area (Å²) in [5, 5.41) is 10.2. The average molecular weight is 252 g/mol. The van der Waals surface area contributed by atoms with Gasteiger partial charge in [-0.3, -0.25) is 4.90 Å². The van der Waals surface area contributed by atoms with Crippen molar-refractivity contribution in [1.29, 1.82) is 0 Å². The zero-order valence-corrected chi connectivity index (χ0v) is 11.8. The van der Waals surface area contributed by atoms with Crippen LogP contribution in [0.4, 0.5) is 0 Å². The van der Waals surface area contributed by atoms with E-state index in [1.165, 1.54) is 64.7 Å². The van der Waals surface area contributed by atoms with Crippen LogP contribution in [0.15, 0.2) is 0 Å². The molecule has 0 amide bonds. The monoisotopic (exact) mass is 252 g/mol. The number of piperidine rings is 2. The molecule has 2 aliphatic heterocycles. The molecule has 18 heavy (non-hydrogen) atoms. The molecular weight excluding hydrogens is 224 g/mol. The Balaban J connectivity index is 1.49. The van der Waals surface area contributed by atoms with Gasteiger partial charge in [0.1, 0.15) is 0 Å². The molecule has 3 rings (SSSR count). The van der Waals surface area contributed by atoms with Crippen LogP contribution in [0.1, 0.15) is 51.9 Å². The van der Waals surface area contributed by atoms with Crippen molar-refractivity contribution in [3.63, 3.8) is 0 Å². The molecule has 1 N–H and O–H groups in total. The van der Waals surface area contributed by atoms with E-state index in [0.717, 1.165) is 12.5 Å². The highest BCUT2D eigenvalue weighted by molar-refractivity contribution is 5.00. The molecule has 2 heterocycles. The Labute approximate surface area is 111 Å². The Hall–Kier alpha value is -0.120. The first-order valence-corrected chi connectivity index (χ1v) is 7.87. The van der Waals surface area contributed by atoms with Gasteiger partial charge < -0.3 is 10.0 Å². The van der Waals surface area contributed by atoms with Crippen molar-refractivity contribution in [2.24, 2.45) is 0 Å². The Morgan fingerprint density at radius 1 is 0.889 bits per heavy atom. The van der Waals surface area contributed by atoms with E-state index < -0.39 is 5.60 Å². The molecule has 0 radical (unpaired) electrons. The fourth-order valence-corrected chi connectivity index (χ4v) is 4.11. The molecule has 3 fully saturated rings. The maximum atomic E-state index is 10.2. The molecule has 2 saturated heterocycles. The third-order valence-electron chi connectivity index (χ3n) is 5.49. The predicted octanol–water partition coefficient (Wildman–Crippen LogP) is 1.85. The molecule has 0 aromatic heterocycles. The van der Waals surface area contributed by atoms with Gasteiger partial charge >= 0.3 is 0 Å². The van der Waals surface area contributed by atoms with E-state index in [4.69, 9.17) is 0 Å². The molecular formula is C15H28N2O. The van der Waals surface area contributed by atoms with E-state index in [9.17, 15) is 5.11 Å². The highest BCUT2D eigenvalue weighted by Gasteiger charge is 2.45. The number of rotatable bonds is 2. The Morgan fingerprint density at radius 2 is 1.56 bits per heavy atom.